The molecule has 0 saturated heterocycles. The van der Waals surface area contributed by atoms with Gasteiger partial charge in [-0.15, -0.1) is 0 Å². The fourth-order valence-corrected chi connectivity index (χ4v) is 4.80. The molecule has 2 aromatic rings. The van der Waals surface area contributed by atoms with Crippen LogP contribution in [0.25, 0.3) is 10.8 Å². The Morgan fingerprint density at radius 1 is 0.833 bits per heavy atom. The van der Waals surface area contributed by atoms with E-state index in [1.54, 1.807) is 21.3 Å². The van der Waals surface area contributed by atoms with Crippen molar-refractivity contribution in [2.45, 2.75) is 44.6 Å². The summed E-state index contributed by atoms with van der Waals surface area (Å²) in [5.74, 6) is 0. The van der Waals surface area contributed by atoms with Crippen molar-refractivity contribution in [1.29, 1.82) is 0 Å². The quantitative estimate of drug-likeness (QED) is 0.440. The molecule has 24 heavy (non-hydrogen) atoms. The Kier molecular flexibility index (Phi) is 7.85. The molecule has 1 aromatic heterocycles. The minimum Gasteiger partial charge on any atom is -0.377 e. The van der Waals surface area contributed by atoms with Crippen LogP contribution in [0.1, 0.15) is 37.8 Å². The molecule has 0 spiro atoms. The largest absolute Gasteiger partial charge is 0.500 e. The zero-order valence-corrected chi connectivity index (χ0v) is 16.1. The van der Waals surface area contributed by atoms with Crippen molar-refractivity contribution in [3.8, 4) is 0 Å². The second kappa shape index (κ2) is 9.89. The first-order chi connectivity index (χ1) is 11.7. The molecule has 0 aliphatic carbocycles. The van der Waals surface area contributed by atoms with Gasteiger partial charge in [0.1, 0.15) is 0 Å². The molecule has 132 valence electrons. The molecule has 0 radical (unpaired) electrons. The fourth-order valence-electron chi connectivity index (χ4n) is 3.00. The van der Waals surface area contributed by atoms with Crippen LogP contribution < -0.4 is 0 Å². The molecule has 0 aliphatic heterocycles. The number of pyridine rings is 1. The summed E-state index contributed by atoms with van der Waals surface area (Å²) in [7, 11) is 2.65. The normalized spacial score (nSPS) is 12.0. The standard InChI is InChI=1S/C19H29NO3Si/c1-21-24(22-2,23-3)14-10-6-4-5-7-13-19-15-17-11-8-9-12-18(17)16-20-19/h8-9,11-12,15-16H,4-7,10,13-14H2,1-3H3. The third-order valence-electron chi connectivity index (χ3n) is 4.54. The van der Waals surface area contributed by atoms with Crippen molar-refractivity contribution in [2.75, 3.05) is 21.3 Å². The van der Waals surface area contributed by atoms with E-state index in [1.807, 2.05) is 6.20 Å². The van der Waals surface area contributed by atoms with Crippen LogP contribution in [0.4, 0.5) is 0 Å². The van der Waals surface area contributed by atoms with Crippen LogP contribution in [-0.2, 0) is 19.7 Å². The minimum atomic E-state index is -2.37. The Balaban J connectivity index is 1.64. The van der Waals surface area contributed by atoms with Crippen LogP contribution in [0.3, 0.4) is 0 Å². The first-order valence-corrected chi connectivity index (χ1v) is 10.7. The molecule has 0 fully saturated rings. The van der Waals surface area contributed by atoms with E-state index in [4.69, 9.17) is 13.3 Å². The number of hydrogen-bond donors (Lipinski definition) is 0. The number of benzene rings is 1. The number of rotatable bonds is 11. The Bertz CT molecular complexity index is 608. The lowest BCUT2D eigenvalue weighted by molar-refractivity contribution is 0.122. The van der Waals surface area contributed by atoms with Crippen LogP contribution in [0, 0.1) is 0 Å². The number of fused-ring (bicyclic) bond motifs is 1. The van der Waals surface area contributed by atoms with Gasteiger partial charge >= 0.3 is 8.80 Å². The minimum absolute atomic E-state index is 0.892. The van der Waals surface area contributed by atoms with Crippen molar-refractivity contribution >= 4 is 19.6 Å². The van der Waals surface area contributed by atoms with Gasteiger partial charge in [-0.2, -0.15) is 0 Å². The van der Waals surface area contributed by atoms with Gasteiger partial charge in [0, 0.05) is 44.7 Å². The molecule has 2 rings (SSSR count). The third kappa shape index (κ3) is 5.38. The molecule has 0 N–H and O–H groups in total. The zero-order chi connectivity index (χ0) is 17.3. The van der Waals surface area contributed by atoms with E-state index in [-0.39, 0.29) is 0 Å². The first kappa shape index (κ1) is 19.1. The lowest BCUT2D eigenvalue weighted by Crippen LogP contribution is -2.42. The summed E-state index contributed by atoms with van der Waals surface area (Å²) in [4.78, 5) is 4.56. The average Bonchev–Trinajstić information content (AvgIpc) is 2.64. The first-order valence-electron chi connectivity index (χ1n) is 8.72. The number of unbranched alkanes of at least 4 members (excludes halogenated alkanes) is 4. The summed E-state index contributed by atoms with van der Waals surface area (Å²) >= 11 is 0. The summed E-state index contributed by atoms with van der Waals surface area (Å²) in [6.07, 6.45) is 8.97. The van der Waals surface area contributed by atoms with Crippen LogP contribution >= 0.6 is 0 Å². The number of aryl methyl sites for hydroxylation is 1. The van der Waals surface area contributed by atoms with Crippen molar-refractivity contribution in [3.05, 3.63) is 42.2 Å². The second-order valence-corrected chi connectivity index (χ2v) is 9.18. The predicted octanol–water partition coefficient (Wildman–Crippen LogP) is 4.61. The molecule has 4 nitrogen and oxygen atoms in total. The van der Waals surface area contributed by atoms with Crippen molar-refractivity contribution in [2.24, 2.45) is 0 Å². The highest BCUT2D eigenvalue weighted by Crippen LogP contribution is 2.19. The van der Waals surface area contributed by atoms with Gasteiger partial charge in [-0.25, -0.2) is 0 Å². The maximum absolute atomic E-state index is 5.44. The molecule has 5 heteroatoms. The molecule has 0 amide bonds. The van der Waals surface area contributed by atoms with E-state index < -0.39 is 8.80 Å². The Morgan fingerprint density at radius 2 is 1.46 bits per heavy atom. The summed E-state index contributed by atoms with van der Waals surface area (Å²) in [5, 5.41) is 2.49. The van der Waals surface area contributed by atoms with Gasteiger partial charge < -0.3 is 13.3 Å². The van der Waals surface area contributed by atoms with E-state index in [0.717, 1.165) is 18.9 Å². The fraction of sp³-hybridized carbons (Fsp3) is 0.526. The maximum atomic E-state index is 5.44. The molecule has 1 aromatic carbocycles. The Labute approximate surface area is 146 Å². The lowest BCUT2D eigenvalue weighted by atomic mass is 10.1. The second-order valence-electron chi connectivity index (χ2n) is 6.09. The molecule has 0 saturated carbocycles. The lowest BCUT2D eigenvalue weighted by Gasteiger charge is -2.24. The van der Waals surface area contributed by atoms with Gasteiger partial charge in [-0.3, -0.25) is 4.98 Å². The summed E-state index contributed by atoms with van der Waals surface area (Å²) in [5.41, 5.74) is 1.19. The Hall–Kier alpha value is -1.27. The topological polar surface area (TPSA) is 40.6 Å². The SMILES string of the molecule is CO[Si](CCCCCCCc1cc2ccccc2cn1)(OC)OC. The third-order valence-corrected chi connectivity index (χ3v) is 7.37. The highest BCUT2D eigenvalue weighted by molar-refractivity contribution is 6.60. The predicted molar refractivity (Wildman–Crippen MR) is 100 cm³/mol. The van der Waals surface area contributed by atoms with Gasteiger partial charge in [0.15, 0.2) is 0 Å². The van der Waals surface area contributed by atoms with Gasteiger partial charge in [0.05, 0.1) is 0 Å². The molecule has 0 unspecified atom stereocenters. The van der Waals surface area contributed by atoms with E-state index in [2.05, 4.69) is 35.3 Å². The molecule has 1 heterocycles. The number of hydrogen-bond acceptors (Lipinski definition) is 4. The van der Waals surface area contributed by atoms with Gasteiger partial charge in [0.25, 0.3) is 0 Å². The van der Waals surface area contributed by atoms with Crippen molar-refractivity contribution < 1.29 is 13.3 Å². The highest BCUT2D eigenvalue weighted by atomic mass is 28.4. The van der Waals surface area contributed by atoms with Crippen LogP contribution in [-0.4, -0.2) is 35.1 Å². The maximum Gasteiger partial charge on any atom is 0.500 e. The monoisotopic (exact) mass is 347 g/mol. The molecule has 0 atom stereocenters. The van der Waals surface area contributed by atoms with E-state index in [1.165, 1.54) is 42.1 Å². The molecular weight excluding hydrogens is 318 g/mol. The Morgan fingerprint density at radius 3 is 2.17 bits per heavy atom. The van der Waals surface area contributed by atoms with Crippen LogP contribution in [0.5, 0.6) is 0 Å². The number of nitrogens with zero attached hydrogens (tertiary/aromatic N) is 1. The highest BCUT2D eigenvalue weighted by Gasteiger charge is 2.36. The van der Waals surface area contributed by atoms with Gasteiger partial charge in [-0.1, -0.05) is 43.5 Å². The van der Waals surface area contributed by atoms with Crippen molar-refractivity contribution in [3.63, 3.8) is 0 Å². The molecule has 0 bridgehead atoms. The zero-order valence-electron chi connectivity index (χ0n) is 15.1. The molecule has 0 aliphatic rings. The average molecular weight is 348 g/mol. The number of aromatic nitrogens is 1. The molecular formula is C19H29NO3Si. The van der Waals surface area contributed by atoms with Gasteiger partial charge in [-0.05, 0) is 30.7 Å². The summed E-state index contributed by atoms with van der Waals surface area (Å²) in [6, 6.07) is 11.5. The smallest absolute Gasteiger partial charge is 0.377 e. The summed E-state index contributed by atoms with van der Waals surface area (Å²) in [6.45, 7) is 0. The van der Waals surface area contributed by atoms with Gasteiger partial charge in [0.2, 0.25) is 0 Å². The van der Waals surface area contributed by atoms with Crippen LogP contribution in [0.15, 0.2) is 36.5 Å². The van der Waals surface area contributed by atoms with Crippen molar-refractivity contribution in [1.82, 2.24) is 4.98 Å². The van der Waals surface area contributed by atoms with E-state index in [0.29, 0.717) is 0 Å². The van der Waals surface area contributed by atoms with Crippen LogP contribution in [0.2, 0.25) is 6.04 Å². The van der Waals surface area contributed by atoms with E-state index >= 15 is 0 Å². The summed E-state index contributed by atoms with van der Waals surface area (Å²) < 4.78 is 16.3. The van der Waals surface area contributed by atoms with E-state index in [9.17, 15) is 0 Å².